The summed E-state index contributed by atoms with van der Waals surface area (Å²) in [6, 6.07) is 17.2. The number of ether oxygens (including phenoxy) is 5. The number of rotatable bonds is 12. The summed E-state index contributed by atoms with van der Waals surface area (Å²) in [4.78, 5) is 72.5. The number of amides is 3. The highest BCUT2D eigenvalue weighted by atomic mass is 16.7. The number of esters is 1. The Morgan fingerprint density at radius 3 is 2.31 bits per heavy atom. The van der Waals surface area contributed by atoms with Gasteiger partial charge in [-0.25, -0.2) is 14.8 Å². The average molecular weight is 836 g/mol. The number of benzene rings is 3. The van der Waals surface area contributed by atoms with Crippen molar-refractivity contribution in [1.29, 1.82) is 0 Å². The molecule has 3 amide bonds. The van der Waals surface area contributed by atoms with Crippen LogP contribution in [-0.2, 0) is 38.1 Å². The minimum Gasteiger partial charge on any atom is -0.469 e. The molecular formula is C45H53N7O9. The predicted molar refractivity (Wildman–Crippen MR) is 225 cm³/mol. The number of H-pyrrole nitrogens is 2. The van der Waals surface area contributed by atoms with E-state index >= 15 is 0 Å². The number of aromatic nitrogens is 4. The fourth-order valence-corrected chi connectivity index (χ4v) is 8.96. The van der Waals surface area contributed by atoms with Crippen LogP contribution < -0.4 is 5.32 Å². The van der Waals surface area contributed by atoms with E-state index in [-0.39, 0.29) is 36.7 Å². The number of nitrogens with one attached hydrogen (secondary N) is 3. The molecule has 2 aromatic heterocycles. The molecular weight excluding hydrogens is 783 g/mol. The lowest BCUT2D eigenvalue weighted by Gasteiger charge is -2.30. The molecule has 1 spiro atoms. The van der Waals surface area contributed by atoms with Crippen LogP contribution in [0.15, 0.2) is 60.8 Å². The Morgan fingerprint density at radius 2 is 1.61 bits per heavy atom. The summed E-state index contributed by atoms with van der Waals surface area (Å²) >= 11 is 0. The summed E-state index contributed by atoms with van der Waals surface area (Å²) in [5.41, 5.74) is 5.49. The second kappa shape index (κ2) is 17.3. The maximum absolute atomic E-state index is 14.2. The number of imidazole rings is 2. The molecule has 5 heterocycles. The van der Waals surface area contributed by atoms with E-state index in [1.165, 1.54) is 21.3 Å². The van der Waals surface area contributed by atoms with E-state index in [2.05, 4.69) is 63.8 Å². The first-order chi connectivity index (χ1) is 29.4. The van der Waals surface area contributed by atoms with Gasteiger partial charge in [-0.1, -0.05) is 56.3 Å². The molecule has 8 rings (SSSR count). The zero-order valence-corrected chi connectivity index (χ0v) is 35.4. The smallest absolute Gasteiger partial charge is 0.407 e. The lowest BCUT2D eigenvalue weighted by molar-refractivity contribution is -0.158. The Kier molecular flexibility index (Phi) is 11.9. The van der Waals surface area contributed by atoms with Gasteiger partial charge in [-0.2, -0.15) is 0 Å². The first-order valence-corrected chi connectivity index (χ1v) is 20.8. The number of hydrogen-bond donors (Lipinski definition) is 3. The van der Waals surface area contributed by atoms with Gasteiger partial charge < -0.3 is 48.8 Å². The molecule has 5 atom stereocenters. The van der Waals surface area contributed by atoms with Gasteiger partial charge in [0.15, 0.2) is 5.79 Å². The van der Waals surface area contributed by atoms with Gasteiger partial charge in [0.2, 0.25) is 11.8 Å². The molecule has 0 unspecified atom stereocenters. The molecule has 0 radical (unpaired) electrons. The summed E-state index contributed by atoms with van der Waals surface area (Å²) in [6.07, 6.45) is 2.50. The van der Waals surface area contributed by atoms with Gasteiger partial charge in [0.05, 0.1) is 87.4 Å². The van der Waals surface area contributed by atoms with Gasteiger partial charge in [0.25, 0.3) is 0 Å². The lowest BCUT2D eigenvalue weighted by Crippen LogP contribution is -2.51. The number of hydrogen-bond acceptors (Lipinski definition) is 11. The maximum atomic E-state index is 14.2. The van der Waals surface area contributed by atoms with Crippen molar-refractivity contribution < 1.29 is 42.9 Å². The number of nitrogens with zero attached hydrogens (tertiary/aromatic N) is 4. The fourth-order valence-electron chi connectivity index (χ4n) is 8.96. The normalized spacial score (nSPS) is 20.1. The topological polar surface area (TPSA) is 190 Å². The Morgan fingerprint density at radius 1 is 0.869 bits per heavy atom. The van der Waals surface area contributed by atoms with Crippen molar-refractivity contribution in [2.24, 2.45) is 11.8 Å². The van der Waals surface area contributed by atoms with Crippen LogP contribution in [0.5, 0.6) is 0 Å². The van der Waals surface area contributed by atoms with Crippen LogP contribution in [0.3, 0.4) is 0 Å². The van der Waals surface area contributed by atoms with E-state index in [0.29, 0.717) is 37.8 Å². The van der Waals surface area contributed by atoms with Crippen molar-refractivity contribution in [3.05, 3.63) is 72.4 Å². The number of carbonyl (C=O) groups excluding carboxylic acids is 4. The third kappa shape index (κ3) is 8.19. The van der Waals surface area contributed by atoms with E-state index in [1.54, 1.807) is 22.9 Å². The minimum atomic E-state index is -0.960. The number of carbonyl (C=O) groups is 4. The van der Waals surface area contributed by atoms with Gasteiger partial charge in [-0.15, -0.1) is 0 Å². The molecule has 0 bridgehead atoms. The van der Waals surface area contributed by atoms with Crippen molar-refractivity contribution in [2.45, 2.75) is 76.5 Å². The molecule has 3 aromatic carbocycles. The first kappa shape index (κ1) is 41.9. The van der Waals surface area contributed by atoms with E-state index in [1.807, 2.05) is 19.9 Å². The van der Waals surface area contributed by atoms with Gasteiger partial charge in [-0.05, 0) is 59.9 Å². The Balaban J connectivity index is 1.01. The second-order valence-electron chi connectivity index (χ2n) is 16.4. The molecule has 322 valence electrons. The van der Waals surface area contributed by atoms with E-state index < -0.39 is 42.0 Å². The standard InChI is InChI=1S/C45H53N7O9/c1-25(2)38(50-44(56)59-6)43(55)51-17-7-8-35(51)40-46-23-34(48-40)28-11-9-27(10-12-28)29-13-15-31-30(20-29)14-16-33-39(31)49-41(47-33)36-22-45(60-18-19-61-45)24-52(36)42(54)32(26(3)57-4)21-37(53)58-5/h9-16,20,23,25-26,32,35-36,38H,7-8,17-19,21-22,24H2,1-6H3,(H,46,48)(H,47,49)(H,50,56)/t26-,32+,35+,36+,38+/m1/s1. The van der Waals surface area contributed by atoms with Crippen LogP contribution in [0.25, 0.3) is 44.2 Å². The number of aromatic amines is 2. The van der Waals surface area contributed by atoms with Crippen LogP contribution in [0.2, 0.25) is 0 Å². The Labute approximate surface area is 353 Å². The molecule has 0 aliphatic carbocycles. The van der Waals surface area contributed by atoms with E-state index in [4.69, 9.17) is 33.7 Å². The number of fused-ring (bicyclic) bond motifs is 3. The van der Waals surface area contributed by atoms with Crippen molar-refractivity contribution in [2.75, 3.05) is 47.6 Å². The summed E-state index contributed by atoms with van der Waals surface area (Å²) < 4.78 is 27.4. The number of methoxy groups -OCH3 is 3. The molecule has 3 saturated heterocycles. The monoisotopic (exact) mass is 835 g/mol. The quantitative estimate of drug-likeness (QED) is 0.124. The molecule has 0 saturated carbocycles. The van der Waals surface area contributed by atoms with Gasteiger partial charge in [-0.3, -0.25) is 14.4 Å². The number of likely N-dealkylation sites (tertiary alicyclic amines) is 2. The van der Waals surface area contributed by atoms with Crippen LogP contribution in [0.4, 0.5) is 4.79 Å². The molecule has 5 aromatic rings. The van der Waals surface area contributed by atoms with Crippen molar-refractivity contribution in [3.8, 4) is 22.4 Å². The van der Waals surface area contributed by atoms with Gasteiger partial charge in [0.1, 0.15) is 17.7 Å². The highest BCUT2D eigenvalue weighted by molar-refractivity contribution is 6.05. The Bertz CT molecular complexity index is 2420. The summed E-state index contributed by atoms with van der Waals surface area (Å²) in [6.45, 7) is 7.20. The van der Waals surface area contributed by atoms with Crippen LogP contribution in [-0.4, -0.2) is 119 Å². The predicted octanol–water partition coefficient (Wildman–Crippen LogP) is 6.05. The molecule has 3 N–H and O–H groups in total. The third-order valence-corrected chi connectivity index (χ3v) is 12.4. The molecule has 16 heteroatoms. The summed E-state index contributed by atoms with van der Waals surface area (Å²) in [5.74, 6) is -1.42. The largest absolute Gasteiger partial charge is 0.469 e. The zero-order chi connectivity index (χ0) is 43.0. The lowest BCUT2D eigenvalue weighted by atomic mass is 9.97. The molecule has 61 heavy (non-hydrogen) atoms. The SMILES string of the molecule is COC(=O)C[C@H](C(=O)N1CC2(C[C@H]1c1nc3c(ccc4cc(-c5ccc(-c6cnc([C@@H]7CCCN7C(=O)[C@@H](NC(=O)OC)C(C)C)[nH]6)cc5)ccc43)[nH]1)OCCO2)[C@@H](C)OC. The van der Waals surface area contributed by atoms with Gasteiger partial charge >= 0.3 is 12.1 Å². The third-order valence-electron chi connectivity index (χ3n) is 12.4. The average Bonchev–Trinajstić information content (AvgIpc) is 4.14. The van der Waals surface area contributed by atoms with E-state index in [9.17, 15) is 19.2 Å². The molecule has 3 fully saturated rings. The van der Waals surface area contributed by atoms with Crippen LogP contribution >= 0.6 is 0 Å². The van der Waals surface area contributed by atoms with Gasteiger partial charge in [0, 0.05) is 25.5 Å². The van der Waals surface area contributed by atoms with E-state index in [0.717, 1.165) is 57.0 Å². The van der Waals surface area contributed by atoms with Crippen molar-refractivity contribution in [1.82, 2.24) is 35.1 Å². The zero-order valence-electron chi connectivity index (χ0n) is 35.4. The van der Waals surface area contributed by atoms with Crippen molar-refractivity contribution in [3.63, 3.8) is 0 Å². The Hall–Kier alpha value is -5.84. The summed E-state index contributed by atoms with van der Waals surface area (Å²) in [5, 5.41) is 4.66. The van der Waals surface area contributed by atoms with Crippen LogP contribution in [0, 0.1) is 11.8 Å². The molecule has 16 nitrogen and oxygen atoms in total. The highest BCUT2D eigenvalue weighted by Gasteiger charge is 2.53. The molecule has 3 aliphatic rings. The highest BCUT2D eigenvalue weighted by Crippen LogP contribution is 2.44. The second-order valence-corrected chi connectivity index (χ2v) is 16.4. The fraction of sp³-hybridized carbons (Fsp3) is 0.467. The minimum absolute atomic E-state index is 0.117. The first-order valence-electron chi connectivity index (χ1n) is 20.8. The van der Waals surface area contributed by atoms with Crippen LogP contribution in [0.1, 0.15) is 70.2 Å². The number of alkyl carbamates (subject to hydrolysis) is 1. The summed E-state index contributed by atoms with van der Waals surface area (Å²) in [7, 11) is 4.11. The molecule has 3 aliphatic heterocycles. The maximum Gasteiger partial charge on any atom is 0.407 e. The van der Waals surface area contributed by atoms with Crippen molar-refractivity contribution >= 4 is 45.7 Å².